The van der Waals surface area contributed by atoms with Crippen molar-refractivity contribution < 1.29 is 4.79 Å². The normalized spacial score (nSPS) is 13.6. The minimum Gasteiger partial charge on any atom is -0.353 e. The van der Waals surface area contributed by atoms with E-state index in [4.69, 9.17) is 5.73 Å². The molecule has 0 saturated carbocycles. The summed E-state index contributed by atoms with van der Waals surface area (Å²) in [6.07, 6.45) is 0.684. The van der Waals surface area contributed by atoms with Crippen LogP contribution in [0.25, 0.3) is 0 Å². The van der Waals surface area contributed by atoms with Gasteiger partial charge in [0.15, 0.2) is 0 Å². The van der Waals surface area contributed by atoms with Gasteiger partial charge in [0.2, 0.25) is 5.91 Å². The number of carbonyl (C=O) groups excluding carboxylic acids is 1. The van der Waals surface area contributed by atoms with Crippen LogP contribution >= 0.6 is 0 Å². The van der Waals surface area contributed by atoms with E-state index in [0.717, 1.165) is 6.54 Å². The molecular formula is C12H27N3O. The summed E-state index contributed by atoms with van der Waals surface area (Å²) in [5.41, 5.74) is 5.63. The molecule has 1 unspecified atom stereocenters. The van der Waals surface area contributed by atoms with Gasteiger partial charge >= 0.3 is 0 Å². The largest absolute Gasteiger partial charge is 0.353 e. The first kappa shape index (κ1) is 15.4. The van der Waals surface area contributed by atoms with Crippen LogP contribution in [0.3, 0.4) is 0 Å². The zero-order valence-electron chi connectivity index (χ0n) is 11.3. The van der Waals surface area contributed by atoms with E-state index in [1.807, 2.05) is 6.92 Å². The maximum atomic E-state index is 11.4. The molecule has 1 amide bonds. The standard InChI is InChI=1S/C12H27N3O/c1-6-11(13)12(16)14-7-8-15(9(2)3)10(4)5/h9-11H,6-8,13H2,1-5H3,(H,14,16). The fraction of sp³-hybridized carbons (Fsp3) is 0.917. The van der Waals surface area contributed by atoms with Crippen LogP contribution in [0, 0.1) is 0 Å². The van der Waals surface area contributed by atoms with Crippen molar-refractivity contribution in [1.29, 1.82) is 0 Å². The van der Waals surface area contributed by atoms with Gasteiger partial charge < -0.3 is 11.1 Å². The van der Waals surface area contributed by atoms with Crippen molar-refractivity contribution in [2.24, 2.45) is 5.73 Å². The van der Waals surface area contributed by atoms with Crippen LogP contribution in [0.15, 0.2) is 0 Å². The third-order valence-electron chi connectivity index (χ3n) is 2.77. The number of nitrogens with zero attached hydrogens (tertiary/aromatic N) is 1. The Morgan fingerprint density at radius 1 is 1.25 bits per heavy atom. The summed E-state index contributed by atoms with van der Waals surface area (Å²) in [4.78, 5) is 13.8. The number of nitrogens with one attached hydrogen (secondary N) is 1. The lowest BCUT2D eigenvalue weighted by molar-refractivity contribution is -0.122. The predicted octanol–water partition coefficient (Wildman–Crippen LogP) is 0.959. The second kappa shape index (κ2) is 7.63. The Bertz CT molecular complexity index is 196. The molecule has 0 heterocycles. The molecule has 96 valence electrons. The Morgan fingerprint density at radius 3 is 2.12 bits per heavy atom. The van der Waals surface area contributed by atoms with E-state index in [-0.39, 0.29) is 11.9 Å². The minimum absolute atomic E-state index is 0.0463. The number of hydrogen-bond acceptors (Lipinski definition) is 3. The maximum Gasteiger partial charge on any atom is 0.236 e. The van der Waals surface area contributed by atoms with E-state index in [9.17, 15) is 4.79 Å². The first-order valence-corrected chi connectivity index (χ1v) is 6.19. The summed E-state index contributed by atoms with van der Waals surface area (Å²) in [5, 5.41) is 2.87. The fourth-order valence-electron chi connectivity index (χ4n) is 1.74. The van der Waals surface area contributed by atoms with Crippen LogP contribution in [-0.2, 0) is 4.79 Å². The molecule has 0 aromatic heterocycles. The Labute approximate surface area is 99.6 Å². The van der Waals surface area contributed by atoms with Crippen LogP contribution < -0.4 is 11.1 Å². The molecule has 0 rings (SSSR count). The van der Waals surface area contributed by atoms with E-state index in [0.29, 0.717) is 25.0 Å². The highest BCUT2D eigenvalue weighted by Gasteiger charge is 2.14. The van der Waals surface area contributed by atoms with E-state index < -0.39 is 0 Å². The Hall–Kier alpha value is -0.610. The number of carbonyl (C=O) groups is 1. The molecule has 0 aliphatic heterocycles. The lowest BCUT2D eigenvalue weighted by atomic mass is 10.2. The van der Waals surface area contributed by atoms with Gasteiger partial charge in [-0.15, -0.1) is 0 Å². The Balaban J connectivity index is 3.91. The maximum absolute atomic E-state index is 11.4. The van der Waals surface area contributed by atoms with Gasteiger partial charge in [0.25, 0.3) is 0 Å². The van der Waals surface area contributed by atoms with Crippen molar-refractivity contribution in [3.8, 4) is 0 Å². The molecule has 0 saturated heterocycles. The van der Waals surface area contributed by atoms with Gasteiger partial charge in [0.05, 0.1) is 6.04 Å². The second-order valence-electron chi connectivity index (χ2n) is 4.73. The number of hydrogen-bond donors (Lipinski definition) is 2. The number of rotatable bonds is 7. The summed E-state index contributed by atoms with van der Waals surface area (Å²) >= 11 is 0. The molecule has 16 heavy (non-hydrogen) atoms. The number of nitrogens with two attached hydrogens (primary N) is 1. The van der Waals surface area contributed by atoms with Crippen LogP contribution in [0.4, 0.5) is 0 Å². The highest BCUT2D eigenvalue weighted by Crippen LogP contribution is 2.03. The Morgan fingerprint density at radius 2 is 1.75 bits per heavy atom. The van der Waals surface area contributed by atoms with E-state index in [2.05, 4.69) is 37.9 Å². The van der Waals surface area contributed by atoms with Crippen molar-refractivity contribution in [3.05, 3.63) is 0 Å². The SMILES string of the molecule is CCC(N)C(=O)NCCN(C(C)C)C(C)C. The topological polar surface area (TPSA) is 58.4 Å². The van der Waals surface area contributed by atoms with E-state index in [1.165, 1.54) is 0 Å². The monoisotopic (exact) mass is 229 g/mol. The molecule has 0 aromatic rings. The van der Waals surface area contributed by atoms with E-state index >= 15 is 0 Å². The van der Waals surface area contributed by atoms with Gasteiger partial charge in [-0.2, -0.15) is 0 Å². The minimum atomic E-state index is -0.369. The van der Waals surface area contributed by atoms with Crippen molar-refractivity contribution in [1.82, 2.24) is 10.2 Å². The molecule has 0 fully saturated rings. The van der Waals surface area contributed by atoms with Crippen LogP contribution in [0.5, 0.6) is 0 Å². The molecule has 0 radical (unpaired) electrons. The highest BCUT2D eigenvalue weighted by molar-refractivity contribution is 5.81. The molecule has 3 N–H and O–H groups in total. The van der Waals surface area contributed by atoms with Crippen LogP contribution in [-0.4, -0.2) is 42.0 Å². The molecular weight excluding hydrogens is 202 g/mol. The predicted molar refractivity (Wildman–Crippen MR) is 68.3 cm³/mol. The summed E-state index contributed by atoms with van der Waals surface area (Å²) < 4.78 is 0. The molecule has 0 aliphatic rings. The quantitative estimate of drug-likeness (QED) is 0.683. The third-order valence-corrected chi connectivity index (χ3v) is 2.77. The Kier molecular flexibility index (Phi) is 7.34. The van der Waals surface area contributed by atoms with Crippen molar-refractivity contribution in [2.45, 2.75) is 59.2 Å². The average molecular weight is 229 g/mol. The highest BCUT2D eigenvalue weighted by atomic mass is 16.2. The zero-order valence-corrected chi connectivity index (χ0v) is 11.3. The van der Waals surface area contributed by atoms with Crippen molar-refractivity contribution in [3.63, 3.8) is 0 Å². The molecule has 0 spiro atoms. The second-order valence-corrected chi connectivity index (χ2v) is 4.73. The first-order valence-electron chi connectivity index (χ1n) is 6.19. The van der Waals surface area contributed by atoms with Crippen molar-refractivity contribution in [2.75, 3.05) is 13.1 Å². The van der Waals surface area contributed by atoms with Gasteiger partial charge in [0.1, 0.15) is 0 Å². The average Bonchev–Trinajstić information content (AvgIpc) is 2.21. The summed E-state index contributed by atoms with van der Waals surface area (Å²) in [6.45, 7) is 12.1. The fourth-order valence-corrected chi connectivity index (χ4v) is 1.74. The van der Waals surface area contributed by atoms with Gasteiger partial charge in [-0.05, 0) is 34.1 Å². The molecule has 0 bridgehead atoms. The lowest BCUT2D eigenvalue weighted by Gasteiger charge is -2.30. The summed E-state index contributed by atoms with van der Waals surface area (Å²) in [6, 6.07) is 0.625. The molecule has 0 aromatic carbocycles. The summed E-state index contributed by atoms with van der Waals surface area (Å²) in [5.74, 6) is -0.0463. The summed E-state index contributed by atoms with van der Waals surface area (Å²) in [7, 11) is 0. The van der Waals surface area contributed by atoms with E-state index in [1.54, 1.807) is 0 Å². The van der Waals surface area contributed by atoms with Crippen LogP contribution in [0.1, 0.15) is 41.0 Å². The smallest absolute Gasteiger partial charge is 0.236 e. The first-order chi connectivity index (χ1) is 7.40. The van der Waals surface area contributed by atoms with Crippen molar-refractivity contribution >= 4 is 5.91 Å². The van der Waals surface area contributed by atoms with Gasteiger partial charge in [0, 0.05) is 25.2 Å². The molecule has 4 nitrogen and oxygen atoms in total. The molecule has 1 atom stereocenters. The molecule has 4 heteroatoms. The number of amides is 1. The lowest BCUT2D eigenvalue weighted by Crippen LogP contribution is -2.46. The zero-order chi connectivity index (χ0) is 12.7. The van der Waals surface area contributed by atoms with Crippen LogP contribution in [0.2, 0.25) is 0 Å². The third kappa shape index (κ3) is 5.47. The van der Waals surface area contributed by atoms with Gasteiger partial charge in [-0.3, -0.25) is 9.69 Å². The van der Waals surface area contributed by atoms with Gasteiger partial charge in [-0.25, -0.2) is 0 Å². The molecule has 0 aliphatic carbocycles. The van der Waals surface area contributed by atoms with Gasteiger partial charge in [-0.1, -0.05) is 6.92 Å².